The van der Waals surface area contributed by atoms with Crippen LogP contribution in [0.1, 0.15) is 29.6 Å². The maximum atomic E-state index is 12.7. The van der Waals surface area contributed by atoms with E-state index in [-0.39, 0.29) is 24.5 Å². The average Bonchev–Trinajstić information content (AvgIpc) is 2.99. The molecule has 3 aliphatic rings. The van der Waals surface area contributed by atoms with Crippen LogP contribution in [0.5, 0.6) is 0 Å². The van der Waals surface area contributed by atoms with Crippen LogP contribution in [0.4, 0.5) is 0 Å². The third-order valence-corrected chi connectivity index (χ3v) is 5.29. The Morgan fingerprint density at radius 1 is 1.39 bits per heavy atom. The van der Waals surface area contributed by atoms with Crippen molar-refractivity contribution in [2.75, 3.05) is 19.3 Å². The smallest absolute Gasteiger partial charge is 0.256 e. The highest BCUT2D eigenvalue weighted by molar-refractivity contribution is 7.98. The quantitative estimate of drug-likeness (QED) is 0.859. The summed E-state index contributed by atoms with van der Waals surface area (Å²) in [4.78, 5) is 19.5. The molecule has 1 amide bonds. The van der Waals surface area contributed by atoms with Gasteiger partial charge in [-0.2, -0.15) is 0 Å². The van der Waals surface area contributed by atoms with E-state index in [9.17, 15) is 4.79 Å². The Morgan fingerprint density at radius 3 is 2.83 bits per heavy atom. The molecule has 2 aromatic rings. The zero-order valence-electron chi connectivity index (χ0n) is 12.9. The van der Waals surface area contributed by atoms with E-state index in [0.717, 1.165) is 25.4 Å². The SMILES string of the molecule is CSc1nc2c(C(=O)N[C@@H]3CC4CCN3CC4)cccc2o1.Cl. The summed E-state index contributed by atoms with van der Waals surface area (Å²) >= 11 is 1.44. The Labute approximate surface area is 145 Å². The zero-order chi connectivity index (χ0) is 15.1. The molecule has 23 heavy (non-hydrogen) atoms. The number of carbonyl (C=O) groups excluding carboxylic acids is 1. The van der Waals surface area contributed by atoms with Gasteiger partial charge in [-0.05, 0) is 43.6 Å². The van der Waals surface area contributed by atoms with E-state index >= 15 is 0 Å². The molecule has 7 heteroatoms. The van der Waals surface area contributed by atoms with Crippen molar-refractivity contribution in [2.24, 2.45) is 5.92 Å². The first-order valence-electron chi connectivity index (χ1n) is 7.73. The lowest BCUT2D eigenvalue weighted by atomic mass is 9.86. The Bertz CT molecular complexity index is 712. The summed E-state index contributed by atoms with van der Waals surface area (Å²) in [7, 11) is 0. The molecule has 1 N–H and O–H groups in total. The fraction of sp³-hybridized carbons (Fsp3) is 0.500. The molecule has 3 saturated heterocycles. The number of rotatable bonds is 3. The third-order valence-electron chi connectivity index (χ3n) is 4.76. The first-order chi connectivity index (χ1) is 10.7. The van der Waals surface area contributed by atoms with Crippen LogP contribution in [0.15, 0.2) is 27.8 Å². The third kappa shape index (κ3) is 3.07. The van der Waals surface area contributed by atoms with Crippen molar-refractivity contribution in [3.05, 3.63) is 23.8 Å². The van der Waals surface area contributed by atoms with E-state index in [2.05, 4.69) is 15.2 Å². The average molecular weight is 354 g/mol. The largest absolute Gasteiger partial charge is 0.431 e. The van der Waals surface area contributed by atoms with E-state index in [1.54, 1.807) is 0 Å². The molecule has 0 saturated carbocycles. The second-order valence-corrected chi connectivity index (χ2v) is 6.80. The topological polar surface area (TPSA) is 58.4 Å². The van der Waals surface area contributed by atoms with Crippen molar-refractivity contribution in [1.82, 2.24) is 15.2 Å². The Balaban J connectivity index is 0.00000156. The second kappa shape index (κ2) is 6.71. The summed E-state index contributed by atoms with van der Waals surface area (Å²) < 4.78 is 5.61. The van der Waals surface area contributed by atoms with Gasteiger partial charge in [-0.25, -0.2) is 4.98 Å². The van der Waals surface area contributed by atoms with Gasteiger partial charge in [-0.1, -0.05) is 17.8 Å². The number of para-hydroxylation sites is 1. The summed E-state index contributed by atoms with van der Waals surface area (Å²) in [6, 6.07) is 5.52. The summed E-state index contributed by atoms with van der Waals surface area (Å²) in [5, 5.41) is 3.78. The number of aromatic nitrogens is 1. The number of nitrogens with zero attached hydrogens (tertiary/aromatic N) is 2. The van der Waals surface area contributed by atoms with E-state index in [1.807, 2.05) is 24.5 Å². The molecular weight excluding hydrogens is 334 g/mol. The van der Waals surface area contributed by atoms with Crippen LogP contribution >= 0.6 is 24.2 Å². The van der Waals surface area contributed by atoms with Gasteiger partial charge in [0.1, 0.15) is 5.52 Å². The van der Waals surface area contributed by atoms with Gasteiger partial charge in [0, 0.05) is 13.1 Å². The van der Waals surface area contributed by atoms with Crippen molar-refractivity contribution >= 4 is 41.2 Å². The van der Waals surface area contributed by atoms with Gasteiger partial charge in [0.25, 0.3) is 11.1 Å². The highest BCUT2D eigenvalue weighted by Gasteiger charge is 2.34. The number of hydrogen-bond donors (Lipinski definition) is 1. The number of thioether (sulfide) groups is 1. The zero-order valence-corrected chi connectivity index (χ0v) is 14.6. The Morgan fingerprint density at radius 2 is 2.17 bits per heavy atom. The number of fused-ring (bicyclic) bond motifs is 4. The maximum Gasteiger partial charge on any atom is 0.256 e. The number of nitrogens with one attached hydrogen (secondary N) is 1. The molecule has 1 aromatic heterocycles. The molecule has 124 valence electrons. The minimum Gasteiger partial charge on any atom is -0.431 e. The Hall–Kier alpha value is -1.24. The van der Waals surface area contributed by atoms with Gasteiger partial charge in [-0.3, -0.25) is 9.69 Å². The number of hydrogen-bond acceptors (Lipinski definition) is 5. The number of benzene rings is 1. The first-order valence-corrected chi connectivity index (χ1v) is 8.95. The second-order valence-electron chi connectivity index (χ2n) is 6.04. The van der Waals surface area contributed by atoms with Crippen molar-refractivity contribution in [3.8, 4) is 0 Å². The minimum absolute atomic E-state index is 0. The van der Waals surface area contributed by atoms with Crippen LogP contribution in [0.3, 0.4) is 0 Å². The molecule has 3 fully saturated rings. The lowest BCUT2D eigenvalue weighted by Gasteiger charge is -2.45. The molecule has 3 aliphatic heterocycles. The fourth-order valence-electron chi connectivity index (χ4n) is 3.54. The lowest BCUT2D eigenvalue weighted by molar-refractivity contribution is 0.0295. The molecule has 4 heterocycles. The van der Waals surface area contributed by atoms with Crippen molar-refractivity contribution in [3.63, 3.8) is 0 Å². The lowest BCUT2D eigenvalue weighted by Crippen LogP contribution is -2.56. The van der Waals surface area contributed by atoms with Gasteiger partial charge in [0.2, 0.25) is 0 Å². The standard InChI is InChI=1S/C16H19N3O2S.ClH/c1-22-16-18-14-11(3-2-4-12(14)21-16)15(20)17-13-9-10-5-7-19(13)8-6-10;/h2-4,10,13H,5-9H2,1H3,(H,17,20);1H/t13-;/m0./s1. The normalized spacial score (nSPS) is 26.0. The molecular formula is C16H20ClN3O2S. The van der Waals surface area contributed by atoms with Gasteiger partial charge in [-0.15, -0.1) is 12.4 Å². The number of piperidine rings is 3. The summed E-state index contributed by atoms with van der Waals surface area (Å²) in [5.74, 6) is 0.713. The number of oxazole rings is 1. The molecule has 0 unspecified atom stereocenters. The highest BCUT2D eigenvalue weighted by atomic mass is 35.5. The summed E-state index contributed by atoms with van der Waals surface area (Å²) in [6.07, 6.45) is 5.68. The predicted molar refractivity (Wildman–Crippen MR) is 93.2 cm³/mol. The molecule has 1 atom stereocenters. The van der Waals surface area contributed by atoms with E-state index in [1.165, 1.54) is 24.6 Å². The highest BCUT2D eigenvalue weighted by Crippen LogP contribution is 2.31. The molecule has 0 spiro atoms. The number of carbonyl (C=O) groups is 1. The van der Waals surface area contributed by atoms with Crippen molar-refractivity contribution in [1.29, 1.82) is 0 Å². The molecule has 2 bridgehead atoms. The molecule has 5 rings (SSSR count). The van der Waals surface area contributed by atoms with Crippen molar-refractivity contribution in [2.45, 2.75) is 30.7 Å². The van der Waals surface area contributed by atoms with Crippen molar-refractivity contribution < 1.29 is 9.21 Å². The van der Waals surface area contributed by atoms with E-state index in [0.29, 0.717) is 21.9 Å². The summed E-state index contributed by atoms with van der Waals surface area (Å²) in [6.45, 7) is 2.20. The van der Waals surface area contributed by atoms with Gasteiger partial charge in [0.05, 0.1) is 11.7 Å². The predicted octanol–water partition coefficient (Wildman–Crippen LogP) is 3.14. The monoisotopic (exact) mass is 353 g/mol. The molecule has 0 aliphatic carbocycles. The van der Waals surface area contributed by atoms with Gasteiger partial charge >= 0.3 is 0 Å². The van der Waals surface area contributed by atoms with Crippen LogP contribution in [0, 0.1) is 5.92 Å². The number of amides is 1. The molecule has 5 nitrogen and oxygen atoms in total. The maximum absolute atomic E-state index is 12.7. The van der Waals surface area contributed by atoms with Gasteiger partial charge in [0.15, 0.2) is 5.58 Å². The minimum atomic E-state index is -0.0518. The van der Waals surface area contributed by atoms with E-state index in [4.69, 9.17) is 4.42 Å². The molecule has 1 aromatic carbocycles. The van der Waals surface area contributed by atoms with Crippen LogP contribution in [-0.2, 0) is 0 Å². The molecule has 0 radical (unpaired) electrons. The van der Waals surface area contributed by atoms with E-state index < -0.39 is 0 Å². The van der Waals surface area contributed by atoms with Gasteiger partial charge < -0.3 is 9.73 Å². The fourth-order valence-corrected chi connectivity index (χ4v) is 3.90. The summed E-state index contributed by atoms with van der Waals surface area (Å²) in [5.41, 5.74) is 1.92. The van der Waals surface area contributed by atoms with Crippen LogP contribution in [0.2, 0.25) is 0 Å². The number of halogens is 1. The first kappa shape index (κ1) is 16.6. The van der Waals surface area contributed by atoms with Crippen LogP contribution < -0.4 is 5.32 Å². The van der Waals surface area contributed by atoms with Crippen LogP contribution in [0.25, 0.3) is 11.1 Å². The van der Waals surface area contributed by atoms with Crippen LogP contribution in [-0.4, -0.2) is 41.3 Å². The Kier molecular flexibility index (Phi) is 4.85.